The van der Waals surface area contributed by atoms with Gasteiger partial charge >= 0.3 is 6.09 Å². The van der Waals surface area contributed by atoms with Gasteiger partial charge in [0.1, 0.15) is 11.3 Å². The van der Waals surface area contributed by atoms with Crippen molar-refractivity contribution >= 4 is 56.8 Å². The van der Waals surface area contributed by atoms with Gasteiger partial charge in [0.2, 0.25) is 11.8 Å². The summed E-state index contributed by atoms with van der Waals surface area (Å²) in [6.45, 7) is 11.7. The lowest BCUT2D eigenvalue weighted by Crippen LogP contribution is -2.34. The highest BCUT2D eigenvalue weighted by Gasteiger charge is 2.17. The number of rotatable bonds is 26. The van der Waals surface area contributed by atoms with Crippen LogP contribution in [0.25, 0.3) is 15.9 Å². The zero-order valence-electron chi connectivity index (χ0n) is 33.1. The van der Waals surface area contributed by atoms with E-state index in [-0.39, 0.29) is 47.9 Å². The topological polar surface area (TPSA) is 215 Å². The van der Waals surface area contributed by atoms with Crippen molar-refractivity contribution in [2.24, 2.45) is 5.92 Å². The van der Waals surface area contributed by atoms with Crippen LogP contribution < -0.4 is 26.8 Å². The number of alkyl carbamates (subject to hydrolysis) is 1. The summed E-state index contributed by atoms with van der Waals surface area (Å²) in [6, 6.07) is 4.83. The zero-order chi connectivity index (χ0) is 41.0. The fourth-order valence-electron chi connectivity index (χ4n) is 5.29. The summed E-state index contributed by atoms with van der Waals surface area (Å²) in [5.41, 5.74) is 0.206. The van der Waals surface area contributed by atoms with Crippen molar-refractivity contribution in [3.8, 4) is 0 Å². The minimum atomic E-state index is -0.543. The van der Waals surface area contributed by atoms with Gasteiger partial charge in [-0.1, -0.05) is 6.92 Å². The quantitative estimate of drug-likeness (QED) is 0.0670. The maximum absolute atomic E-state index is 12.9. The average molecular weight is 818 g/mol. The Balaban J connectivity index is 0.919. The summed E-state index contributed by atoms with van der Waals surface area (Å²) >= 11 is 1.42. The number of thiazole rings is 1. The molecule has 57 heavy (non-hydrogen) atoms. The number of nitrogens with one attached hydrogen (secondary N) is 4. The first kappa shape index (κ1) is 44.9. The third kappa shape index (κ3) is 16.3. The van der Waals surface area contributed by atoms with E-state index < -0.39 is 11.7 Å². The molecular weight excluding hydrogens is 763 g/mol. The van der Waals surface area contributed by atoms with Crippen molar-refractivity contribution in [2.75, 3.05) is 77.8 Å². The van der Waals surface area contributed by atoms with E-state index >= 15 is 0 Å². The van der Waals surface area contributed by atoms with E-state index in [1.807, 2.05) is 18.5 Å². The lowest BCUT2D eigenvalue weighted by atomic mass is 10.1. The lowest BCUT2D eigenvalue weighted by Gasteiger charge is -2.19. The summed E-state index contributed by atoms with van der Waals surface area (Å²) < 4.78 is 35.8. The third-order valence-electron chi connectivity index (χ3n) is 8.15. The van der Waals surface area contributed by atoms with Crippen molar-refractivity contribution in [3.05, 3.63) is 52.0 Å². The molecule has 314 valence electrons. The van der Waals surface area contributed by atoms with Gasteiger partial charge in [-0.15, -0.1) is 11.3 Å². The molecule has 4 rings (SSSR count). The molecule has 0 bridgehead atoms. The number of hydrogen-bond donors (Lipinski definition) is 4. The van der Waals surface area contributed by atoms with Crippen LogP contribution in [0.5, 0.6) is 0 Å². The molecule has 0 aliphatic carbocycles. The van der Waals surface area contributed by atoms with Gasteiger partial charge in [0.25, 0.3) is 11.5 Å². The highest BCUT2D eigenvalue weighted by atomic mass is 32.1. The maximum Gasteiger partial charge on any atom is 0.407 e. The van der Waals surface area contributed by atoms with E-state index in [0.717, 1.165) is 0 Å². The van der Waals surface area contributed by atoms with Crippen LogP contribution in [-0.2, 0) is 39.8 Å². The molecule has 18 nitrogen and oxygen atoms in total. The largest absolute Gasteiger partial charge is 0.444 e. The van der Waals surface area contributed by atoms with Crippen molar-refractivity contribution < 1.29 is 47.4 Å². The normalized spacial score (nSPS) is 12.1. The van der Waals surface area contributed by atoms with Crippen LogP contribution in [0.3, 0.4) is 0 Å². The van der Waals surface area contributed by atoms with Crippen LogP contribution in [0.1, 0.15) is 63.9 Å². The van der Waals surface area contributed by atoms with Crippen LogP contribution >= 0.6 is 11.3 Å². The number of nitrogens with zero attached hydrogens (tertiary/aromatic N) is 3. The molecule has 4 amide bonds. The summed E-state index contributed by atoms with van der Waals surface area (Å²) in [5.74, 6) is -0.786. The molecule has 1 atom stereocenters. The Morgan fingerprint density at radius 2 is 1.54 bits per heavy atom. The number of aryl methyl sites for hydroxylation is 1. The first-order valence-corrected chi connectivity index (χ1v) is 20.0. The summed E-state index contributed by atoms with van der Waals surface area (Å²) in [6.07, 6.45) is 4.91. The number of fused-ring (bicyclic) bond motifs is 2. The van der Waals surface area contributed by atoms with Crippen LogP contribution in [-0.4, -0.2) is 116 Å². The molecule has 0 spiro atoms. The van der Waals surface area contributed by atoms with E-state index in [4.69, 9.17) is 28.2 Å². The Kier molecular flexibility index (Phi) is 18.4. The number of anilines is 1. The summed E-state index contributed by atoms with van der Waals surface area (Å²) in [4.78, 5) is 66.7. The Hall–Kier alpha value is -4.82. The van der Waals surface area contributed by atoms with E-state index in [1.54, 1.807) is 49.6 Å². The van der Waals surface area contributed by atoms with Crippen molar-refractivity contribution in [1.82, 2.24) is 30.1 Å². The molecule has 0 radical (unpaired) electrons. The number of ether oxygens (including phenoxy) is 5. The Labute approximate surface area is 334 Å². The van der Waals surface area contributed by atoms with Gasteiger partial charge in [-0.3, -0.25) is 23.6 Å². The van der Waals surface area contributed by atoms with E-state index in [1.165, 1.54) is 16.1 Å². The number of carbonyl (C=O) groups is 4. The monoisotopic (exact) mass is 817 g/mol. The number of imidazole rings is 1. The van der Waals surface area contributed by atoms with Crippen LogP contribution in [0.4, 0.5) is 10.5 Å². The molecule has 0 saturated heterocycles. The van der Waals surface area contributed by atoms with Gasteiger partial charge < -0.3 is 49.5 Å². The van der Waals surface area contributed by atoms with E-state index in [0.29, 0.717) is 113 Å². The lowest BCUT2D eigenvalue weighted by molar-refractivity contribution is -0.125. The second-order valence-corrected chi connectivity index (χ2v) is 14.9. The highest BCUT2D eigenvalue weighted by molar-refractivity contribution is 7.15. The van der Waals surface area contributed by atoms with Crippen LogP contribution in [0, 0.1) is 5.92 Å². The molecule has 4 aromatic rings. The molecule has 3 heterocycles. The molecule has 19 heteroatoms. The second kappa shape index (κ2) is 23.4. The van der Waals surface area contributed by atoms with Crippen molar-refractivity contribution in [1.29, 1.82) is 0 Å². The third-order valence-corrected chi connectivity index (χ3v) is 8.92. The van der Waals surface area contributed by atoms with Gasteiger partial charge in [-0.25, -0.2) is 9.78 Å². The number of carbonyl (C=O) groups excluding carboxylic acids is 4. The van der Waals surface area contributed by atoms with E-state index in [9.17, 15) is 24.0 Å². The minimum Gasteiger partial charge on any atom is -0.444 e. The van der Waals surface area contributed by atoms with Gasteiger partial charge in [0.15, 0.2) is 10.5 Å². The van der Waals surface area contributed by atoms with Crippen LogP contribution in [0.2, 0.25) is 0 Å². The van der Waals surface area contributed by atoms with Crippen molar-refractivity contribution in [3.63, 3.8) is 0 Å². The predicted molar refractivity (Wildman–Crippen MR) is 213 cm³/mol. The van der Waals surface area contributed by atoms with Gasteiger partial charge in [0, 0.05) is 55.4 Å². The van der Waals surface area contributed by atoms with Crippen molar-refractivity contribution in [2.45, 2.75) is 65.5 Å². The van der Waals surface area contributed by atoms with Crippen LogP contribution in [0.15, 0.2) is 45.3 Å². The summed E-state index contributed by atoms with van der Waals surface area (Å²) in [5, 5.41) is 13.3. The molecule has 4 N–H and O–H groups in total. The molecular formula is C38H55N7O11S. The van der Waals surface area contributed by atoms with E-state index in [2.05, 4.69) is 26.3 Å². The molecule has 3 aromatic heterocycles. The SMILES string of the molecule is C[C@H](CCCNC(=O)OC(C)(C)C)C(=O)NCCOCCOCCOCCOCCNC(=O)CCCn1oc2ccc(NC(=O)c3cn4ccsc4n3)cc2c1=O. The minimum absolute atomic E-state index is 0.0572. The number of benzene rings is 1. The fourth-order valence-corrected chi connectivity index (χ4v) is 5.99. The molecule has 1 aromatic carbocycles. The zero-order valence-corrected chi connectivity index (χ0v) is 33.9. The highest BCUT2D eigenvalue weighted by Crippen LogP contribution is 2.19. The molecule has 0 aliphatic heterocycles. The number of hydrogen-bond acceptors (Lipinski definition) is 13. The number of aromatic nitrogens is 3. The smallest absolute Gasteiger partial charge is 0.407 e. The molecule has 0 fully saturated rings. The Bertz CT molecular complexity index is 1900. The Morgan fingerprint density at radius 3 is 2.21 bits per heavy atom. The van der Waals surface area contributed by atoms with Gasteiger partial charge in [-0.2, -0.15) is 4.74 Å². The molecule has 0 aliphatic rings. The first-order chi connectivity index (χ1) is 27.4. The predicted octanol–water partition coefficient (Wildman–Crippen LogP) is 3.58. The first-order valence-electron chi connectivity index (χ1n) is 19.1. The second-order valence-electron chi connectivity index (χ2n) is 14.0. The molecule has 0 saturated carbocycles. The molecule has 0 unspecified atom stereocenters. The maximum atomic E-state index is 12.9. The summed E-state index contributed by atoms with van der Waals surface area (Å²) in [7, 11) is 0. The van der Waals surface area contributed by atoms with Gasteiger partial charge in [0.05, 0.1) is 64.8 Å². The standard InChI is InChI=1S/C38H55N7O11S/c1-27(7-5-11-41-37(50)55-38(2,3)4)33(47)40-13-17-52-19-21-54-23-22-53-20-18-51-16-12-39-32(46)8-6-14-45-35(49)29-25-28(9-10-31(29)56-45)42-34(48)30-26-44-15-24-57-36(44)43-30/h9-10,15,24-27H,5-8,11-14,16-23H2,1-4H3,(H,39,46)(H,40,47)(H,41,50)(H,42,48)/t27-/m1/s1. The Morgan fingerprint density at radius 1 is 0.877 bits per heavy atom. The number of amides is 4. The van der Waals surface area contributed by atoms with Gasteiger partial charge in [-0.05, 0) is 58.2 Å². The average Bonchev–Trinajstić information content (AvgIpc) is 3.87. The fraction of sp³-hybridized carbons (Fsp3) is 0.579.